The average Bonchev–Trinajstić information content (AvgIpc) is 3.02. The van der Waals surface area contributed by atoms with Crippen LogP contribution in [0.1, 0.15) is 31.9 Å². The van der Waals surface area contributed by atoms with Crippen molar-refractivity contribution in [1.82, 2.24) is 0 Å². The van der Waals surface area contributed by atoms with Gasteiger partial charge in [0.2, 0.25) is 0 Å². The molecule has 0 aliphatic heterocycles. The van der Waals surface area contributed by atoms with Crippen molar-refractivity contribution in [3.05, 3.63) is 45.5 Å². The van der Waals surface area contributed by atoms with Crippen molar-refractivity contribution in [3.8, 4) is 0 Å². The van der Waals surface area contributed by atoms with Crippen molar-refractivity contribution in [2.75, 3.05) is 0 Å². The number of ether oxygens (including phenoxy) is 1. The van der Waals surface area contributed by atoms with E-state index in [-0.39, 0.29) is 5.92 Å². The minimum absolute atomic E-state index is 0.163. The molecule has 1 fully saturated rings. The zero-order valence-electron chi connectivity index (χ0n) is 13.6. The molecule has 0 aromatic heterocycles. The molecule has 0 spiro atoms. The number of rotatable bonds is 4. The number of esters is 1. The highest BCUT2D eigenvalue weighted by Gasteiger charge is 2.61. The number of hydrogen-bond donors (Lipinski definition) is 0. The Bertz CT molecular complexity index is 695. The molecule has 24 heavy (non-hydrogen) atoms. The van der Waals surface area contributed by atoms with Gasteiger partial charge >= 0.3 is 5.97 Å². The molecule has 7 heteroatoms. The molecule has 1 aromatic rings. The summed E-state index contributed by atoms with van der Waals surface area (Å²) in [6.07, 6.45) is 1.71. The van der Waals surface area contributed by atoms with Gasteiger partial charge in [-0.25, -0.2) is 17.6 Å². The van der Waals surface area contributed by atoms with E-state index in [1.807, 2.05) is 13.8 Å². The van der Waals surface area contributed by atoms with Crippen LogP contribution in [0.3, 0.4) is 0 Å². The first-order chi connectivity index (χ1) is 11.0. The summed E-state index contributed by atoms with van der Waals surface area (Å²) in [5.74, 6) is -7.49. The van der Waals surface area contributed by atoms with Crippen LogP contribution >= 0.6 is 11.6 Å². The van der Waals surface area contributed by atoms with Gasteiger partial charge in [0.15, 0.2) is 23.3 Å². The highest BCUT2D eigenvalue weighted by Crippen LogP contribution is 2.60. The summed E-state index contributed by atoms with van der Waals surface area (Å²) in [6, 6.07) is 0. The predicted molar refractivity (Wildman–Crippen MR) is 81.2 cm³/mol. The van der Waals surface area contributed by atoms with Crippen LogP contribution in [0, 0.1) is 47.4 Å². The minimum atomic E-state index is -1.55. The van der Waals surface area contributed by atoms with Gasteiger partial charge in [-0.05, 0) is 25.2 Å². The lowest BCUT2D eigenvalue weighted by atomic mass is 10.1. The molecule has 1 aliphatic carbocycles. The van der Waals surface area contributed by atoms with Gasteiger partial charge in [-0.2, -0.15) is 0 Å². The lowest BCUT2D eigenvalue weighted by Crippen LogP contribution is -2.14. The zero-order valence-corrected chi connectivity index (χ0v) is 14.4. The van der Waals surface area contributed by atoms with Gasteiger partial charge in [0.05, 0.1) is 11.5 Å². The Hall–Kier alpha value is -1.56. The summed E-state index contributed by atoms with van der Waals surface area (Å²) in [5, 5.41) is 0.517. The second-order valence-corrected chi connectivity index (χ2v) is 7.14. The van der Waals surface area contributed by atoms with Gasteiger partial charge in [0, 0.05) is 10.6 Å². The van der Waals surface area contributed by atoms with Gasteiger partial charge in [-0.3, -0.25) is 4.79 Å². The smallest absolute Gasteiger partial charge is 0.310 e. The Labute approximate surface area is 142 Å². The lowest BCUT2D eigenvalue weighted by Gasteiger charge is -2.10. The second kappa shape index (κ2) is 6.39. The fourth-order valence-electron chi connectivity index (χ4n) is 2.83. The van der Waals surface area contributed by atoms with E-state index in [0.29, 0.717) is 5.03 Å². The molecular weight excluding hydrogens is 348 g/mol. The van der Waals surface area contributed by atoms with E-state index in [2.05, 4.69) is 0 Å². The maximum absolute atomic E-state index is 13.8. The fourth-order valence-corrected chi connectivity index (χ4v) is 2.97. The molecule has 1 aliphatic rings. The normalized spacial score (nSPS) is 22.5. The zero-order chi connectivity index (χ0) is 18.4. The first-order valence-corrected chi connectivity index (χ1v) is 7.69. The third kappa shape index (κ3) is 3.16. The van der Waals surface area contributed by atoms with E-state index in [0.717, 1.165) is 6.92 Å². The molecule has 1 aromatic carbocycles. The minimum Gasteiger partial charge on any atom is -0.460 e. The quantitative estimate of drug-likeness (QED) is 0.426. The van der Waals surface area contributed by atoms with Gasteiger partial charge < -0.3 is 4.74 Å². The summed E-state index contributed by atoms with van der Waals surface area (Å²) in [6.45, 7) is 5.36. The van der Waals surface area contributed by atoms with Crippen molar-refractivity contribution in [3.63, 3.8) is 0 Å². The van der Waals surface area contributed by atoms with Crippen molar-refractivity contribution in [2.45, 2.75) is 34.3 Å². The standard InChI is InChI=1S/C17H17ClF4O2/c1-7(18)5-10-11(17(10,3)4)16(23)24-6-9-14(21)12(19)8(2)13(20)15(9)22/h5,10-11H,6H2,1-4H3/b7-5+. The molecule has 132 valence electrons. The number of carbonyl (C=O) groups is 1. The molecule has 1 saturated carbocycles. The Morgan fingerprint density at radius 2 is 1.67 bits per heavy atom. The van der Waals surface area contributed by atoms with Crippen LogP contribution in [-0.2, 0) is 16.1 Å². The molecule has 2 nitrogen and oxygen atoms in total. The first-order valence-electron chi connectivity index (χ1n) is 7.32. The van der Waals surface area contributed by atoms with Crippen LogP contribution in [-0.4, -0.2) is 5.97 Å². The second-order valence-electron chi connectivity index (χ2n) is 6.55. The van der Waals surface area contributed by atoms with Gasteiger partial charge in [-0.15, -0.1) is 0 Å². The summed E-state index contributed by atoms with van der Waals surface area (Å²) in [4.78, 5) is 12.1. The summed E-state index contributed by atoms with van der Waals surface area (Å²) in [7, 11) is 0. The summed E-state index contributed by atoms with van der Waals surface area (Å²) >= 11 is 5.80. The lowest BCUT2D eigenvalue weighted by molar-refractivity contribution is -0.147. The monoisotopic (exact) mass is 364 g/mol. The Morgan fingerprint density at radius 3 is 2.12 bits per heavy atom. The van der Waals surface area contributed by atoms with E-state index in [1.54, 1.807) is 13.0 Å². The number of benzene rings is 1. The number of halogens is 5. The average molecular weight is 365 g/mol. The molecule has 0 saturated heterocycles. The number of allylic oxidation sites excluding steroid dienone is 2. The third-order valence-corrected chi connectivity index (χ3v) is 4.63. The van der Waals surface area contributed by atoms with Crippen LogP contribution in [0.15, 0.2) is 11.1 Å². The molecular formula is C17H17ClF4O2. The molecule has 2 atom stereocenters. The molecule has 2 rings (SSSR count). The van der Waals surface area contributed by atoms with Crippen molar-refractivity contribution < 1.29 is 27.1 Å². The van der Waals surface area contributed by atoms with E-state index in [9.17, 15) is 22.4 Å². The van der Waals surface area contributed by atoms with E-state index in [4.69, 9.17) is 16.3 Å². The van der Waals surface area contributed by atoms with Gasteiger partial charge in [-0.1, -0.05) is 31.5 Å². The maximum Gasteiger partial charge on any atom is 0.310 e. The van der Waals surface area contributed by atoms with E-state index in [1.165, 1.54) is 0 Å². The Balaban J connectivity index is 2.16. The Kier molecular flexibility index (Phi) is 5.00. The van der Waals surface area contributed by atoms with Crippen molar-refractivity contribution >= 4 is 17.6 Å². The SMILES string of the molecule is C/C(Cl)=C\C1C(C(=O)OCc2c(F)c(F)c(C)c(F)c2F)C1(C)C. The molecule has 0 N–H and O–H groups in total. The first kappa shape index (κ1) is 18.8. The number of carbonyl (C=O) groups excluding carboxylic acids is 1. The summed E-state index contributed by atoms with van der Waals surface area (Å²) in [5.41, 5.74) is -2.11. The molecule has 0 bridgehead atoms. The molecule has 0 amide bonds. The van der Waals surface area contributed by atoms with Gasteiger partial charge in [0.1, 0.15) is 6.61 Å². The molecule has 0 radical (unpaired) electrons. The van der Waals surface area contributed by atoms with E-state index >= 15 is 0 Å². The topological polar surface area (TPSA) is 26.3 Å². The molecule has 2 unspecified atom stereocenters. The fraction of sp³-hybridized carbons (Fsp3) is 0.471. The van der Waals surface area contributed by atoms with Crippen molar-refractivity contribution in [2.24, 2.45) is 17.3 Å². The van der Waals surface area contributed by atoms with Crippen LogP contribution in [0.2, 0.25) is 0 Å². The highest BCUT2D eigenvalue weighted by atomic mass is 35.5. The summed E-state index contributed by atoms with van der Waals surface area (Å²) < 4.78 is 59.5. The van der Waals surface area contributed by atoms with E-state index < -0.39 is 58.3 Å². The van der Waals surface area contributed by atoms with Gasteiger partial charge in [0.25, 0.3) is 0 Å². The predicted octanol–water partition coefficient (Wildman–Crippen LogP) is 5.01. The van der Waals surface area contributed by atoms with Crippen molar-refractivity contribution in [1.29, 1.82) is 0 Å². The highest BCUT2D eigenvalue weighted by molar-refractivity contribution is 6.29. The third-order valence-electron chi connectivity index (χ3n) is 4.51. The van der Waals surface area contributed by atoms with Crippen LogP contribution in [0.5, 0.6) is 0 Å². The number of hydrogen-bond acceptors (Lipinski definition) is 2. The van der Waals surface area contributed by atoms with Crippen LogP contribution in [0.25, 0.3) is 0 Å². The Morgan fingerprint density at radius 1 is 1.17 bits per heavy atom. The molecule has 0 heterocycles. The van der Waals surface area contributed by atoms with Crippen LogP contribution < -0.4 is 0 Å². The maximum atomic E-state index is 13.8. The van der Waals surface area contributed by atoms with Crippen LogP contribution in [0.4, 0.5) is 17.6 Å². The largest absolute Gasteiger partial charge is 0.460 e.